The van der Waals surface area contributed by atoms with Crippen LogP contribution in [0.2, 0.25) is 0 Å². The topological polar surface area (TPSA) is 69.4 Å². The lowest BCUT2D eigenvalue weighted by Crippen LogP contribution is -2.01. The molecule has 0 aliphatic heterocycles. The smallest absolute Gasteiger partial charge is 0.164 e. The lowest BCUT2D eigenvalue weighted by molar-refractivity contribution is 1.08. The number of rotatable bonds is 7. The molecule has 10 rings (SSSR count). The third-order valence-corrected chi connectivity index (χ3v) is 9.95. The summed E-state index contributed by atoms with van der Waals surface area (Å²) in [6.45, 7) is 0. The fourth-order valence-corrected chi connectivity index (χ4v) is 7.30. The van der Waals surface area contributed by atoms with Gasteiger partial charge in [0.2, 0.25) is 0 Å². The van der Waals surface area contributed by atoms with E-state index >= 15 is 0 Å². The van der Waals surface area contributed by atoms with Crippen molar-refractivity contribution in [3.05, 3.63) is 194 Å². The lowest BCUT2D eigenvalue weighted by atomic mass is 9.94. The van der Waals surface area contributed by atoms with Gasteiger partial charge >= 0.3 is 0 Å². The van der Waals surface area contributed by atoms with Crippen molar-refractivity contribution in [2.24, 2.45) is 0 Å². The molecule has 7 aromatic carbocycles. The van der Waals surface area contributed by atoms with E-state index in [1.165, 1.54) is 0 Å². The highest BCUT2D eigenvalue weighted by Gasteiger charge is 2.18. The van der Waals surface area contributed by atoms with Crippen molar-refractivity contribution in [3.63, 3.8) is 0 Å². The van der Waals surface area contributed by atoms with E-state index in [-0.39, 0.29) is 0 Å². The fraction of sp³-hybridized carbons (Fsp3) is 0. The van der Waals surface area contributed by atoms with Gasteiger partial charge in [-0.15, -0.1) is 0 Å². The van der Waals surface area contributed by atoms with E-state index < -0.39 is 0 Å². The molecule has 0 fully saturated rings. The van der Waals surface area contributed by atoms with Crippen LogP contribution in [0.15, 0.2) is 194 Å². The van der Waals surface area contributed by atoms with Gasteiger partial charge in [0.15, 0.2) is 23.3 Å². The van der Waals surface area contributed by atoms with Crippen molar-refractivity contribution in [3.8, 4) is 73.6 Å². The number of pyridine rings is 1. The van der Waals surface area contributed by atoms with E-state index in [9.17, 15) is 0 Å². The van der Waals surface area contributed by atoms with Gasteiger partial charge in [0.05, 0.1) is 11.0 Å². The molecule has 3 aromatic heterocycles. The Hall–Kier alpha value is -7.57. The first-order valence-corrected chi connectivity index (χ1v) is 18.3. The molecule has 258 valence electrons. The van der Waals surface area contributed by atoms with E-state index in [2.05, 4.69) is 125 Å². The Morgan fingerprint density at radius 3 is 1.73 bits per heavy atom. The summed E-state index contributed by atoms with van der Waals surface area (Å²) >= 11 is 0. The molecule has 3 heterocycles. The van der Waals surface area contributed by atoms with Gasteiger partial charge in [-0.25, -0.2) is 19.9 Å². The highest BCUT2D eigenvalue weighted by molar-refractivity contribution is 6.04. The molecule has 0 bridgehead atoms. The summed E-state index contributed by atoms with van der Waals surface area (Å²) in [6, 6.07) is 64.5. The summed E-state index contributed by atoms with van der Waals surface area (Å²) in [6.07, 6.45) is 1.81. The van der Waals surface area contributed by atoms with Crippen molar-refractivity contribution >= 4 is 21.8 Å². The van der Waals surface area contributed by atoms with Crippen LogP contribution >= 0.6 is 0 Å². The molecular weight excluding hydrogens is 673 g/mol. The maximum atomic E-state index is 5.15. The zero-order valence-electron chi connectivity index (χ0n) is 29.7. The predicted molar refractivity (Wildman–Crippen MR) is 222 cm³/mol. The summed E-state index contributed by atoms with van der Waals surface area (Å²) in [7, 11) is 0. The second kappa shape index (κ2) is 13.8. The number of hydrogen-bond donors (Lipinski definition) is 0. The number of aromatic nitrogens is 6. The summed E-state index contributed by atoms with van der Waals surface area (Å²) < 4.78 is 2.18. The van der Waals surface area contributed by atoms with Gasteiger partial charge in [0.25, 0.3) is 0 Å². The van der Waals surface area contributed by atoms with Crippen molar-refractivity contribution in [1.82, 2.24) is 29.5 Å². The maximum Gasteiger partial charge on any atom is 0.164 e. The van der Waals surface area contributed by atoms with Crippen molar-refractivity contribution < 1.29 is 0 Å². The van der Waals surface area contributed by atoms with Crippen LogP contribution in [-0.2, 0) is 0 Å². The SMILES string of the molecule is c1ccc(-c2cccc(-c3nc(-c4ccccc4)nc(-c4ccc(-c5ccc(-n6c(-c7ccccn7)nc7ccccc76)cc5)c5ccccc45)n3)c2)cc1. The Kier molecular flexibility index (Phi) is 8.04. The molecular formula is C49H32N6. The molecule has 0 aliphatic carbocycles. The molecule has 10 aromatic rings. The van der Waals surface area contributed by atoms with Crippen LogP contribution in [0.5, 0.6) is 0 Å². The molecule has 0 atom stereocenters. The average molecular weight is 705 g/mol. The van der Waals surface area contributed by atoms with Crippen LogP contribution < -0.4 is 0 Å². The number of para-hydroxylation sites is 2. The minimum absolute atomic E-state index is 0.626. The normalized spacial score (nSPS) is 11.3. The van der Waals surface area contributed by atoms with E-state index in [1.54, 1.807) is 6.20 Å². The molecule has 6 nitrogen and oxygen atoms in total. The van der Waals surface area contributed by atoms with Crippen molar-refractivity contribution in [1.29, 1.82) is 0 Å². The van der Waals surface area contributed by atoms with E-state index in [4.69, 9.17) is 19.9 Å². The van der Waals surface area contributed by atoms with Gasteiger partial charge in [-0.2, -0.15) is 0 Å². The summed E-state index contributed by atoms with van der Waals surface area (Å²) in [4.78, 5) is 24.9. The van der Waals surface area contributed by atoms with Crippen molar-refractivity contribution in [2.45, 2.75) is 0 Å². The lowest BCUT2D eigenvalue weighted by Gasteiger charge is -2.14. The molecule has 0 unspecified atom stereocenters. The molecule has 55 heavy (non-hydrogen) atoms. The Balaban J connectivity index is 1.08. The Labute approximate surface area is 318 Å². The maximum absolute atomic E-state index is 5.15. The Bertz CT molecular complexity index is 2960. The minimum atomic E-state index is 0.626. The third kappa shape index (κ3) is 6.02. The van der Waals surface area contributed by atoms with E-state index in [0.29, 0.717) is 17.5 Å². The molecule has 0 amide bonds. The largest absolute Gasteiger partial charge is 0.291 e. The van der Waals surface area contributed by atoms with Crippen LogP contribution in [0, 0.1) is 0 Å². The number of hydrogen-bond acceptors (Lipinski definition) is 5. The van der Waals surface area contributed by atoms with Gasteiger partial charge < -0.3 is 0 Å². The molecule has 0 saturated carbocycles. The second-order valence-electron chi connectivity index (χ2n) is 13.3. The number of nitrogens with zero attached hydrogens (tertiary/aromatic N) is 6. The van der Waals surface area contributed by atoms with Gasteiger partial charge in [0, 0.05) is 28.6 Å². The third-order valence-electron chi connectivity index (χ3n) is 9.95. The van der Waals surface area contributed by atoms with Crippen LogP contribution in [-0.4, -0.2) is 29.5 Å². The molecule has 6 heteroatoms. The molecule has 0 aliphatic rings. The second-order valence-corrected chi connectivity index (χ2v) is 13.3. The molecule has 0 spiro atoms. The fourth-order valence-electron chi connectivity index (χ4n) is 7.30. The zero-order chi connectivity index (χ0) is 36.6. The van der Waals surface area contributed by atoms with Crippen LogP contribution in [0.25, 0.3) is 95.4 Å². The van der Waals surface area contributed by atoms with Crippen LogP contribution in [0.3, 0.4) is 0 Å². The number of imidazole rings is 1. The number of benzene rings is 7. The van der Waals surface area contributed by atoms with Crippen LogP contribution in [0.4, 0.5) is 0 Å². The zero-order valence-corrected chi connectivity index (χ0v) is 29.7. The molecule has 0 saturated heterocycles. The van der Waals surface area contributed by atoms with Gasteiger partial charge in [-0.1, -0.05) is 140 Å². The monoisotopic (exact) mass is 704 g/mol. The van der Waals surface area contributed by atoms with Gasteiger partial charge in [0.1, 0.15) is 5.69 Å². The standard InChI is InChI=1S/C49H32N6/c1-3-14-33(15-4-1)36-18-13-19-37(32-36)47-52-46(35-16-5-2-6-17-35)53-48(54-47)42-30-29-39(40-20-7-8-21-41(40)42)34-25-27-38(28-26-34)55-45-24-10-9-22-43(45)51-49(55)44-23-11-12-31-50-44/h1-32H. The first-order valence-electron chi connectivity index (χ1n) is 18.3. The van der Waals surface area contributed by atoms with Crippen molar-refractivity contribution in [2.75, 3.05) is 0 Å². The molecule has 0 N–H and O–H groups in total. The Morgan fingerprint density at radius 2 is 0.964 bits per heavy atom. The minimum Gasteiger partial charge on any atom is -0.291 e. The highest BCUT2D eigenvalue weighted by Crippen LogP contribution is 2.37. The van der Waals surface area contributed by atoms with E-state index in [1.807, 2.05) is 72.8 Å². The summed E-state index contributed by atoms with van der Waals surface area (Å²) in [5.41, 5.74) is 11.1. The van der Waals surface area contributed by atoms with Gasteiger partial charge in [-0.05, 0) is 81.6 Å². The van der Waals surface area contributed by atoms with Crippen LogP contribution in [0.1, 0.15) is 0 Å². The quantitative estimate of drug-likeness (QED) is 0.165. The first kappa shape index (κ1) is 32.1. The van der Waals surface area contributed by atoms with E-state index in [0.717, 1.165) is 78.0 Å². The predicted octanol–water partition coefficient (Wildman–Crippen LogP) is 11.8. The summed E-state index contributed by atoms with van der Waals surface area (Å²) in [5, 5.41) is 2.18. The Morgan fingerprint density at radius 1 is 0.364 bits per heavy atom. The highest BCUT2D eigenvalue weighted by atomic mass is 15.1. The van der Waals surface area contributed by atoms with Gasteiger partial charge in [-0.3, -0.25) is 9.55 Å². The number of fused-ring (bicyclic) bond motifs is 2. The summed E-state index contributed by atoms with van der Waals surface area (Å²) in [5.74, 6) is 2.69. The average Bonchev–Trinajstić information content (AvgIpc) is 3.67. The first-order chi connectivity index (χ1) is 27.3. The molecule has 0 radical (unpaired) electrons.